The number of thiol groups is 1. The normalized spacial score (nSPS) is 16.8. The van der Waals surface area contributed by atoms with Crippen LogP contribution in [-0.4, -0.2) is 26.2 Å². The fourth-order valence-electron chi connectivity index (χ4n) is 0.245. The average Bonchev–Trinajstić information content (AvgIpc) is 1.63. The number of hydrogen-bond acceptors (Lipinski definition) is 4. The number of hydrogen-bond donors (Lipinski definition) is 3. The first-order valence-electron chi connectivity index (χ1n) is 2.28. The summed E-state index contributed by atoms with van der Waals surface area (Å²) in [5, 5.41) is 16.7. The van der Waals surface area contributed by atoms with Crippen molar-refractivity contribution in [3.8, 4) is 0 Å². The molecule has 9 heavy (non-hydrogen) atoms. The summed E-state index contributed by atoms with van der Waals surface area (Å²) in [4.78, 5) is 9.93. The van der Waals surface area contributed by atoms with E-state index in [-0.39, 0.29) is 4.58 Å². The number of thioether (sulfide) groups is 1. The lowest BCUT2D eigenvalue weighted by atomic mass is 10.7. The summed E-state index contributed by atoms with van der Waals surface area (Å²) in [5.74, 6) is -1.22. The fourth-order valence-corrected chi connectivity index (χ4v) is 1.08. The van der Waals surface area contributed by atoms with Gasteiger partial charge in [-0.1, -0.05) is 0 Å². The quantitative estimate of drug-likeness (QED) is 0.422. The Labute approximate surface area is 62.9 Å². The van der Waals surface area contributed by atoms with Crippen molar-refractivity contribution in [2.45, 2.75) is 16.9 Å². The zero-order valence-electron chi connectivity index (χ0n) is 4.81. The average molecular weight is 168 g/mol. The summed E-state index contributed by atoms with van der Waals surface area (Å²) >= 11 is 4.75. The fraction of sp³-hybridized carbons (Fsp3) is 0.750. The molecule has 0 spiro atoms. The minimum absolute atomic E-state index is 0.156. The van der Waals surface area contributed by atoms with Crippen LogP contribution in [0.3, 0.4) is 0 Å². The topological polar surface area (TPSA) is 57.5 Å². The Morgan fingerprint density at radius 1 is 1.78 bits per heavy atom. The van der Waals surface area contributed by atoms with Gasteiger partial charge in [0.05, 0.1) is 0 Å². The second-order valence-corrected chi connectivity index (χ2v) is 3.98. The number of carbonyl (C=O) groups is 1. The minimum atomic E-state index is -1.35. The molecular weight excluding hydrogens is 160 g/mol. The van der Waals surface area contributed by atoms with Gasteiger partial charge < -0.3 is 10.2 Å². The second-order valence-electron chi connectivity index (χ2n) is 1.43. The molecule has 0 aromatic heterocycles. The number of aliphatic carboxylic acids is 1. The number of carboxylic acid groups (broad SMARTS) is 1. The van der Waals surface area contributed by atoms with Gasteiger partial charge in [-0.2, -0.15) is 12.6 Å². The lowest BCUT2D eigenvalue weighted by Gasteiger charge is -2.05. The summed E-state index contributed by atoms with van der Waals surface area (Å²) in [6.07, 6.45) is 0. The van der Waals surface area contributed by atoms with E-state index in [0.717, 1.165) is 11.8 Å². The Morgan fingerprint density at radius 2 is 2.22 bits per heavy atom. The van der Waals surface area contributed by atoms with Crippen molar-refractivity contribution in [3.05, 3.63) is 0 Å². The third kappa shape index (κ3) is 4.62. The smallest absolute Gasteiger partial charge is 0.343 e. The van der Waals surface area contributed by atoms with Gasteiger partial charge in [-0.05, 0) is 6.92 Å². The van der Waals surface area contributed by atoms with E-state index in [1.807, 2.05) is 0 Å². The van der Waals surface area contributed by atoms with Gasteiger partial charge in [0.25, 0.3) is 0 Å². The third-order valence-electron chi connectivity index (χ3n) is 0.537. The maximum Gasteiger partial charge on any atom is 0.343 e. The standard InChI is InChI=1S/C4H8O3S2/c1-2(8)9-4(7)3(5)6/h2,4,7-8H,1H3,(H,5,6). The Hall–Kier alpha value is 0.130. The van der Waals surface area contributed by atoms with Gasteiger partial charge in [0.1, 0.15) is 0 Å². The Kier molecular flexibility index (Phi) is 4.09. The van der Waals surface area contributed by atoms with Gasteiger partial charge in [0, 0.05) is 4.58 Å². The van der Waals surface area contributed by atoms with Gasteiger partial charge in [-0.3, -0.25) is 0 Å². The molecule has 5 heteroatoms. The van der Waals surface area contributed by atoms with E-state index < -0.39 is 11.4 Å². The van der Waals surface area contributed by atoms with Crippen LogP contribution in [0.2, 0.25) is 0 Å². The van der Waals surface area contributed by atoms with Gasteiger partial charge in [0.15, 0.2) is 5.44 Å². The second kappa shape index (κ2) is 4.03. The Bertz CT molecular complexity index is 104. The molecule has 3 nitrogen and oxygen atoms in total. The van der Waals surface area contributed by atoms with E-state index in [4.69, 9.17) is 10.2 Å². The van der Waals surface area contributed by atoms with Crippen molar-refractivity contribution < 1.29 is 15.0 Å². The Balaban J connectivity index is 3.50. The molecule has 0 aromatic carbocycles. The minimum Gasteiger partial charge on any atom is -0.479 e. The first kappa shape index (κ1) is 9.13. The first-order valence-corrected chi connectivity index (χ1v) is 3.74. The van der Waals surface area contributed by atoms with E-state index >= 15 is 0 Å². The highest BCUT2D eigenvalue weighted by Crippen LogP contribution is 2.17. The number of carboxylic acids is 1. The van der Waals surface area contributed by atoms with E-state index in [0.29, 0.717) is 0 Å². The molecule has 0 bridgehead atoms. The maximum absolute atomic E-state index is 9.93. The maximum atomic E-state index is 9.93. The molecule has 2 N–H and O–H groups in total. The van der Waals surface area contributed by atoms with Crippen LogP contribution in [0.25, 0.3) is 0 Å². The van der Waals surface area contributed by atoms with Crippen LogP contribution in [0.5, 0.6) is 0 Å². The molecule has 0 aromatic rings. The van der Waals surface area contributed by atoms with E-state index in [1.165, 1.54) is 0 Å². The summed E-state index contributed by atoms with van der Waals surface area (Å²) in [6, 6.07) is 0. The van der Waals surface area contributed by atoms with Crippen LogP contribution < -0.4 is 0 Å². The monoisotopic (exact) mass is 168 g/mol. The molecule has 0 radical (unpaired) electrons. The lowest BCUT2D eigenvalue weighted by molar-refractivity contribution is -0.141. The van der Waals surface area contributed by atoms with E-state index in [2.05, 4.69) is 12.6 Å². The SMILES string of the molecule is CC(S)SC(O)C(=O)O. The van der Waals surface area contributed by atoms with Crippen LogP contribution in [0.15, 0.2) is 0 Å². The molecule has 0 amide bonds. The van der Waals surface area contributed by atoms with Crippen LogP contribution in [-0.2, 0) is 4.79 Å². The van der Waals surface area contributed by atoms with E-state index in [1.54, 1.807) is 6.92 Å². The van der Waals surface area contributed by atoms with Crippen molar-refractivity contribution in [2.24, 2.45) is 0 Å². The molecule has 2 unspecified atom stereocenters. The lowest BCUT2D eigenvalue weighted by Crippen LogP contribution is -2.16. The molecule has 2 atom stereocenters. The zero-order chi connectivity index (χ0) is 7.44. The highest BCUT2D eigenvalue weighted by atomic mass is 32.2. The van der Waals surface area contributed by atoms with Gasteiger partial charge in [0.2, 0.25) is 0 Å². The van der Waals surface area contributed by atoms with Gasteiger partial charge in [-0.15, -0.1) is 11.8 Å². The molecule has 0 saturated heterocycles. The summed E-state index contributed by atoms with van der Waals surface area (Å²) in [5.41, 5.74) is -1.35. The van der Waals surface area contributed by atoms with Crippen molar-refractivity contribution >= 4 is 30.4 Å². The number of rotatable bonds is 3. The predicted molar refractivity (Wildman–Crippen MR) is 39.7 cm³/mol. The highest BCUT2D eigenvalue weighted by Gasteiger charge is 2.14. The largest absolute Gasteiger partial charge is 0.479 e. The van der Waals surface area contributed by atoms with Crippen molar-refractivity contribution in [3.63, 3.8) is 0 Å². The summed E-state index contributed by atoms with van der Waals surface area (Å²) in [6.45, 7) is 1.69. The number of aliphatic hydroxyl groups is 1. The molecule has 0 saturated carbocycles. The summed E-state index contributed by atoms with van der Waals surface area (Å²) < 4.78 is -0.156. The predicted octanol–water partition coefficient (Wildman–Crippen LogP) is 0.398. The third-order valence-corrected chi connectivity index (χ3v) is 1.76. The van der Waals surface area contributed by atoms with Gasteiger partial charge >= 0.3 is 5.97 Å². The molecule has 0 fully saturated rings. The molecule has 0 rings (SSSR count). The molecule has 0 aliphatic carbocycles. The van der Waals surface area contributed by atoms with Crippen LogP contribution in [0.1, 0.15) is 6.92 Å². The molecule has 54 valence electrons. The van der Waals surface area contributed by atoms with Gasteiger partial charge in [-0.25, -0.2) is 4.79 Å². The van der Waals surface area contributed by atoms with Crippen LogP contribution in [0, 0.1) is 0 Å². The van der Waals surface area contributed by atoms with Crippen LogP contribution >= 0.6 is 24.4 Å². The molecule has 0 aliphatic heterocycles. The van der Waals surface area contributed by atoms with Crippen molar-refractivity contribution in [2.75, 3.05) is 0 Å². The number of aliphatic hydroxyl groups excluding tert-OH is 1. The molecular formula is C4H8O3S2. The summed E-state index contributed by atoms with van der Waals surface area (Å²) in [7, 11) is 0. The Morgan fingerprint density at radius 3 is 2.33 bits per heavy atom. The first-order chi connectivity index (χ1) is 4.04. The molecule has 0 heterocycles. The van der Waals surface area contributed by atoms with Crippen molar-refractivity contribution in [1.29, 1.82) is 0 Å². The molecule has 0 aliphatic rings. The highest BCUT2D eigenvalue weighted by molar-refractivity contribution is 8.11. The van der Waals surface area contributed by atoms with Crippen molar-refractivity contribution in [1.82, 2.24) is 0 Å². The van der Waals surface area contributed by atoms with E-state index in [9.17, 15) is 4.79 Å². The van der Waals surface area contributed by atoms with Crippen LogP contribution in [0.4, 0.5) is 0 Å². The zero-order valence-corrected chi connectivity index (χ0v) is 6.52.